The number of alkyl halides is 1. The molecule has 1 N–H and O–H groups in total. The van der Waals surface area contributed by atoms with Crippen molar-refractivity contribution in [1.82, 2.24) is 4.90 Å². The lowest BCUT2D eigenvalue weighted by Crippen LogP contribution is -2.47. The number of aliphatic hydroxyl groups excluding tert-OH is 1. The Morgan fingerprint density at radius 3 is 2.50 bits per heavy atom. The van der Waals surface area contributed by atoms with Gasteiger partial charge in [0.25, 0.3) is 0 Å². The Balaban J connectivity index is 2.80. The van der Waals surface area contributed by atoms with Crippen molar-refractivity contribution in [3.63, 3.8) is 0 Å². The first-order valence-electron chi connectivity index (χ1n) is 6.04. The van der Waals surface area contributed by atoms with Crippen LogP contribution in [0.1, 0.15) is 20.3 Å². The van der Waals surface area contributed by atoms with Crippen molar-refractivity contribution in [2.45, 2.75) is 31.1 Å². The van der Waals surface area contributed by atoms with Crippen molar-refractivity contribution in [2.24, 2.45) is 5.92 Å². The number of amides is 1. The number of nitrogens with zero attached hydrogens (tertiary/aromatic N) is 1. The molecule has 1 fully saturated rings. The first-order valence-corrected chi connectivity index (χ1v) is 8.78. The summed E-state index contributed by atoms with van der Waals surface area (Å²) in [6, 6.07) is -0.298. The van der Waals surface area contributed by atoms with Crippen LogP contribution in [-0.2, 0) is 14.6 Å². The summed E-state index contributed by atoms with van der Waals surface area (Å²) in [4.78, 5) is 13.4. The summed E-state index contributed by atoms with van der Waals surface area (Å²) < 4.78 is 22.9. The molecule has 1 heterocycles. The molecule has 0 aromatic carbocycles. The molecule has 1 rings (SSSR count). The average Bonchev–Trinajstić information content (AvgIpc) is 2.64. The fraction of sp³-hybridized carbons (Fsp3) is 0.909. The van der Waals surface area contributed by atoms with Gasteiger partial charge >= 0.3 is 0 Å². The number of hydrogen-bond acceptors (Lipinski definition) is 4. The van der Waals surface area contributed by atoms with Gasteiger partial charge in [-0.1, -0.05) is 29.8 Å². The maximum absolute atomic E-state index is 12.2. The Morgan fingerprint density at radius 2 is 2.11 bits per heavy atom. The molecule has 0 saturated carbocycles. The molecular weight excluding hydrogens is 322 g/mol. The molecule has 0 aromatic heterocycles. The van der Waals surface area contributed by atoms with Gasteiger partial charge < -0.3 is 10.0 Å². The van der Waals surface area contributed by atoms with E-state index < -0.39 is 9.84 Å². The average molecular weight is 342 g/mol. The number of aliphatic hydroxyl groups is 1. The number of carbonyl (C=O) groups is 1. The Kier molecular flexibility index (Phi) is 5.61. The van der Waals surface area contributed by atoms with E-state index >= 15 is 0 Å². The standard InChI is InChI=1S/C11H20BrNO4S/c1-8(2)10(12)11(15)13(4-5-14)9-3-6-18(16,17)7-9/h8-10,14H,3-7H2,1-2H3. The third-order valence-corrected chi connectivity index (χ3v) is 6.29. The highest BCUT2D eigenvalue weighted by Crippen LogP contribution is 2.22. The number of rotatable bonds is 5. The summed E-state index contributed by atoms with van der Waals surface area (Å²) in [5, 5.41) is 9.04. The minimum atomic E-state index is -3.03. The van der Waals surface area contributed by atoms with Gasteiger partial charge in [0, 0.05) is 12.6 Å². The van der Waals surface area contributed by atoms with Crippen LogP contribution in [0.25, 0.3) is 0 Å². The van der Waals surface area contributed by atoms with Crippen LogP contribution in [0.3, 0.4) is 0 Å². The van der Waals surface area contributed by atoms with E-state index in [4.69, 9.17) is 5.11 Å². The zero-order valence-corrected chi connectivity index (χ0v) is 13.1. The van der Waals surface area contributed by atoms with Gasteiger partial charge in [-0.3, -0.25) is 4.79 Å². The van der Waals surface area contributed by atoms with E-state index in [9.17, 15) is 13.2 Å². The molecule has 106 valence electrons. The molecule has 0 radical (unpaired) electrons. The lowest BCUT2D eigenvalue weighted by molar-refractivity contribution is -0.133. The maximum Gasteiger partial charge on any atom is 0.236 e. The number of hydrogen-bond donors (Lipinski definition) is 1. The highest BCUT2D eigenvalue weighted by atomic mass is 79.9. The fourth-order valence-corrected chi connectivity index (χ4v) is 4.04. The van der Waals surface area contributed by atoms with Crippen LogP contribution in [0.2, 0.25) is 0 Å². The van der Waals surface area contributed by atoms with Crippen LogP contribution in [0.15, 0.2) is 0 Å². The van der Waals surface area contributed by atoms with E-state index in [-0.39, 0.29) is 47.4 Å². The van der Waals surface area contributed by atoms with Crippen LogP contribution >= 0.6 is 15.9 Å². The van der Waals surface area contributed by atoms with Gasteiger partial charge in [-0.25, -0.2) is 8.42 Å². The van der Waals surface area contributed by atoms with Crippen LogP contribution in [0.4, 0.5) is 0 Å². The molecule has 0 spiro atoms. The van der Waals surface area contributed by atoms with Crippen molar-refractivity contribution in [3.05, 3.63) is 0 Å². The van der Waals surface area contributed by atoms with Crippen molar-refractivity contribution in [3.8, 4) is 0 Å². The largest absolute Gasteiger partial charge is 0.395 e. The molecule has 1 saturated heterocycles. The Hall–Kier alpha value is -0.140. The molecule has 2 unspecified atom stereocenters. The molecule has 2 atom stereocenters. The summed E-state index contributed by atoms with van der Waals surface area (Å²) in [6.45, 7) is 3.87. The summed E-state index contributed by atoms with van der Waals surface area (Å²) in [6.07, 6.45) is 0.464. The molecule has 1 aliphatic heterocycles. The van der Waals surface area contributed by atoms with E-state index in [2.05, 4.69) is 15.9 Å². The molecular formula is C11H20BrNO4S. The number of sulfone groups is 1. The molecule has 1 aliphatic rings. The quantitative estimate of drug-likeness (QED) is 0.735. The van der Waals surface area contributed by atoms with Gasteiger partial charge in [-0.15, -0.1) is 0 Å². The minimum Gasteiger partial charge on any atom is -0.395 e. The van der Waals surface area contributed by atoms with Crippen molar-refractivity contribution in [1.29, 1.82) is 0 Å². The van der Waals surface area contributed by atoms with Gasteiger partial charge in [-0.05, 0) is 12.3 Å². The van der Waals surface area contributed by atoms with E-state index in [0.717, 1.165) is 0 Å². The summed E-state index contributed by atoms with van der Waals surface area (Å²) >= 11 is 3.33. The van der Waals surface area contributed by atoms with Crippen LogP contribution in [-0.4, -0.2) is 59.9 Å². The predicted octanol–water partition coefficient (Wildman–Crippen LogP) is 0.414. The van der Waals surface area contributed by atoms with Crippen LogP contribution in [0, 0.1) is 5.92 Å². The van der Waals surface area contributed by atoms with E-state index in [1.54, 1.807) is 0 Å². The lowest BCUT2D eigenvalue weighted by Gasteiger charge is -2.30. The normalized spacial score (nSPS) is 24.2. The Bertz CT molecular complexity index is 396. The number of carbonyl (C=O) groups excluding carboxylic acids is 1. The van der Waals surface area contributed by atoms with Crippen molar-refractivity contribution < 1.29 is 18.3 Å². The van der Waals surface area contributed by atoms with E-state index in [1.807, 2.05) is 13.8 Å². The highest BCUT2D eigenvalue weighted by molar-refractivity contribution is 9.10. The van der Waals surface area contributed by atoms with Gasteiger partial charge in [0.1, 0.15) is 0 Å². The second kappa shape index (κ2) is 6.34. The smallest absolute Gasteiger partial charge is 0.236 e. The van der Waals surface area contributed by atoms with Gasteiger partial charge in [0.05, 0.1) is 22.9 Å². The second-order valence-corrected chi connectivity index (χ2v) is 8.17. The Labute approximate surface area is 117 Å². The maximum atomic E-state index is 12.2. The van der Waals surface area contributed by atoms with Gasteiger partial charge in [-0.2, -0.15) is 0 Å². The van der Waals surface area contributed by atoms with Crippen molar-refractivity contribution in [2.75, 3.05) is 24.7 Å². The van der Waals surface area contributed by atoms with Gasteiger partial charge in [0.2, 0.25) is 5.91 Å². The molecule has 1 amide bonds. The van der Waals surface area contributed by atoms with Crippen LogP contribution in [0.5, 0.6) is 0 Å². The molecule has 5 nitrogen and oxygen atoms in total. The highest BCUT2D eigenvalue weighted by Gasteiger charge is 2.36. The van der Waals surface area contributed by atoms with Crippen LogP contribution < -0.4 is 0 Å². The molecule has 7 heteroatoms. The predicted molar refractivity (Wildman–Crippen MR) is 73.4 cm³/mol. The fourth-order valence-electron chi connectivity index (χ4n) is 2.05. The van der Waals surface area contributed by atoms with Gasteiger partial charge in [0.15, 0.2) is 9.84 Å². The third-order valence-electron chi connectivity index (χ3n) is 3.09. The second-order valence-electron chi connectivity index (χ2n) is 4.96. The van der Waals surface area contributed by atoms with Crippen molar-refractivity contribution >= 4 is 31.7 Å². The lowest BCUT2D eigenvalue weighted by atomic mass is 10.1. The first kappa shape index (κ1) is 15.9. The molecule has 18 heavy (non-hydrogen) atoms. The molecule has 0 aliphatic carbocycles. The SMILES string of the molecule is CC(C)C(Br)C(=O)N(CCO)C1CCS(=O)(=O)C1. The van der Waals surface area contributed by atoms with E-state index in [0.29, 0.717) is 6.42 Å². The summed E-state index contributed by atoms with van der Waals surface area (Å²) in [5.41, 5.74) is 0. The van der Waals surface area contributed by atoms with E-state index in [1.165, 1.54) is 4.90 Å². The minimum absolute atomic E-state index is 0.0105. The third kappa shape index (κ3) is 3.93. The zero-order valence-electron chi connectivity index (χ0n) is 10.7. The topological polar surface area (TPSA) is 74.7 Å². The summed E-state index contributed by atoms with van der Waals surface area (Å²) in [7, 11) is -3.03. The Morgan fingerprint density at radius 1 is 1.50 bits per heavy atom. The zero-order chi connectivity index (χ0) is 13.9. The summed E-state index contributed by atoms with van der Waals surface area (Å²) in [5.74, 6) is 0.121. The first-order chi connectivity index (χ1) is 8.28. The monoisotopic (exact) mass is 341 g/mol. The molecule has 0 aromatic rings. The molecule has 0 bridgehead atoms. The number of halogens is 1.